The van der Waals surface area contributed by atoms with Crippen molar-refractivity contribution < 1.29 is 9.13 Å². The zero-order valence-corrected chi connectivity index (χ0v) is 15.7. The Hall–Kier alpha value is -1.70. The van der Waals surface area contributed by atoms with E-state index in [1.807, 2.05) is 0 Å². The molecule has 2 aromatic heterocycles. The van der Waals surface area contributed by atoms with Gasteiger partial charge in [-0.15, -0.1) is 0 Å². The Morgan fingerprint density at radius 3 is 1.39 bits per heavy atom. The summed E-state index contributed by atoms with van der Waals surface area (Å²) in [6.45, 7) is 15.5. The second-order valence-corrected chi connectivity index (χ2v) is 7.02. The third kappa shape index (κ3) is 4.63. The van der Waals surface area contributed by atoms with Gasteiger partial charge in [-0.05, 0) is 46.2 Å². The van der Waals surface area contributed by atoms with Gasteiger partial charge in [0.25, 0.3) is 0 Å². The van der Waals surface area contributed by atoms with Gasteiger partial charge in [0.1, 0.15) is 13.1 Å². The fourth-order valence-electron chi connectivity index (χ4n) is 3.31. The molecule has 0 unspecified atom stereocenters. The van der Waals surface area contributed by atoms with Crippen molar-refractivity contribution in [1.82, 2.24) is 0 Å². The number of aryl methyl sites for hydroxylation is 6. The summed E-state index contributed by atoms with van der Waals surface area (Å²) < 4.78 is 4.83. The van der Waals surface area contributed by atoms with Crippen molar-refractivity contribution in [2.24, 2.45) is 0 Å². The van der Waals surface area contributed by atoms with Gasteiger partial charge in [-0.25, -0.2) is 9.13 Å². The fraction of sp³-hybridized carbons (Fsp3) is 0.524. The number of unbranched alkanes of at least 4 members (excludes halogenated alkanes) is 2. The minimum absolute atomic E-state index is 1.13. The topological polar surface area (TPSA) is 7.76 Å². The molecule has 0 atom stereocenters. The van der Waals surface area contributed by atoms with E-state index in [2.05, 4.69) is 75.2 Å². The minimum atomic E-state index is 1.13. The van der Waals surface area contributed by atoms with E-state index < -0.39 is 0 Å². The van der Waals surface area contributed by atoms with E-state index in [0.29, 0.717) is 0 Å². The number of pyridine rings is 2. The SMILES string of the molecule is Cc1cc(C)c(C)[n+](CCCCC[n+]2cc(C)cc(C)c2C)c1. The van der Waals surface area contributed by atoms with Gasteiger partial charge in [0.2, 0.25) is 0 Å². The standard InChI is InChI=1S/C21H32N2/c1-16-12-18(3)20(5)22(14-16)10-8-7-9-11-23-15-17(2)13-19(4)21(23)6/h12-15H,7-11H2,1-6H3/q+2. The molecule has 0 spiro atoms. The van der Waals surface area contributed by atoms with Crippen LogP contribution in [0.4, 0.5) is 0 Å². The van der Waals surface area contributed by atoms with Crippen molar-refractivity contribution >= 4 is 0 Å². The largest absolute Gasteiger partial charge is 0.202 e. The molecule has 0 N–H and O–H groups in total. The second-order valence-electron chi connectivity index (χ2n) is 7.02. The minimum Gasteiger partial charge on any atom is -0.202 e. The third-order valence-electron chi connectivity index (χ3n) is 4.91. The molecule has 0 amide bonds. The van der Waals surface area contributed by atoms with Gasteiger partial charge in [0.05, 0.1) is 0 Å². The molecule has 0 bridgehead atoms. The highest BCUT2D eigenvalue weighted by molar-refractivity contribution is 5.18. The van der Waals surface area contributed by atoms with Crippen LogP contribution in [0.2, 0.25) is 0 Å². The molecule has 0 aromatic carbocycles. The van der Waals surface area contributed by atoms with Gasteiger partial charge in [-0.1, -0.05) is 0 Å². The first-order valence-electron chi connectivity index (χ1n) is 8.83. The maximum atomic E-state index is 2.42. The highest BCUT2D eigenvalue weighted by Gasteiger charge is 2.12. The van der Waals surface area contributed by atoms with Crippen LogP contribution in [0.3, 0.4) is 0 Å². The van der Waals surface area contributed by atoms with Crippen LogP contribution in [0, 0.1) is 41.5 Å². The number of hydrogen-bond acceptors (Lipinski definition) is 0. The van der Waals surface area contributed by atoms with Crippen LogP contribution in [0.25, 0.3) is 0 Å². The summed E-state index contributed by atoms with van der Waals surface area (Å²) >= 11 is 0. The number of rotatable bonds is 6. The lowest BCUT2D eigenvalue weighted by atomic mass is 10.1. The zero-order chi connectivity index (χ0) is 17.0. The first-order valence-corrected chi connectivity index (χ1v) is 8.83. The summed E-state index contributed by atoms with van der Waals surface area (Å²) in [6.07, 6.45) is 8.34. The first-order chi connectivity index (χ1) is 10.9. The van der Waals surface area contributed by atoms with Gasteiger partial charge >= 0.3 is 0 Å². The Bertz CT molecular complexity index is 627. The quantitative estimate of drug-likeness (QED) is 0.563. The molecule has 0 saturated carbocycles. The maximum Gasteiger partial charge on any atom is 0.181 e. The molecular weight excluding hydrogens is 280 g/mol. The summed E-state index contributed by atoms with van der Waals surface area (Å²) in [7, 11) is 0. The summed E-state index contributed by atoms with van der Waals surface area (Å²) in [5, 5.41) is 0. The highest BCUT2D eigenvalue weighted by atomic mass is 15.0. The van der Waals surface area contributed by atoms with E-state index in [1.54, 1.807) is 0 Å². The maximum absolute atomic E-state index is 2.42. The zero-order valence-electron chi connectivity index (χ0n) is 15.7. The molecule has 0 fully saturated rings. The molecule has 0 aliphatic carbocycles. The third-order valence-corrected chi connectivity index (χ3v) is 4.91. The summed E-state index contributed by atoms with van der Waals surface area (Å²) in [5.74, 6) is 0. The van der Waals surface area contributed by atoms with Crippen molar-refractivity contribution in [3.05, 3.63) is 58.2 Å². The predicted molar refractivity (Wildman–Crippen MR) is 95.5 cm³/mol. The Morgan fingerprint density at radius 2 is 1.00 bits per heavy atom. The van der Waals surface area contributed by atoms with E-state index in [-0.39, 0.29) is 0 Å². The van der Waals surface area contributed by atoms with Crippen LogP contribution in [0.5, 0.6) is 0 Å². The van der Waals surface area contributed by atoms with Crippen LogP contribution in [0.1, 0.15) is 52.9 Å². The fourth-order valence-corrected chi connectivity index (χ4v) is 3.31. The summed E-state index contributed by atoms with van der Waals surface area (Å²) in [4.78, 5) is 0. The molecule has 0 aliphatic heterocycles. The molecule has 2 rings (SSSR count). The smallest absolute Gasteiger partial charge is 0.181 e. The van der Waals surface area contributed by atoms with E-state index in [9.17, 15) is 0 Å². The van der Waals surface area contributed by atoms with E-state index in [1.165, 1.54) is 52.9 Å². The van der Waals surface area contributed by atoms with Crippen molar-refractivity contribution in [2.75, 3.05) is 0 Å². The Kier molecular flexibility index (Phi) is 5.92. The number of hydrogen-bond donors (Lipinski definition) is 0. The van der Waals surface area contributed by atoms with E-state index in [4.69, 9.17) is 0 Å². The normalized spacial score (nSPS) is 11.0. The number of aromatic nitrogens is 2. The number of nitrogens with zero attached hydrogens (tertiary/aromatic N) is 2. The van der Waals surface area contributed by atoms with Crippen molar-refractivity contribution in [1.29, 1.82) is 0 Å². The van der Waals surface area contributed by atoms with Crippen LogP contribution < -0.4 is 9.13 Å². The Balaban J connectivity index is 1.85. The highest BCUT2D eigenvalue weighted by Crippen LogP contribution is 2.07. The van der Waals surface area contributed by atoms with Crippen LogP contribution in [-0.2, 0) is 13.1 Å². The van der Waals surface area contributed by atoms with Crippen molar-refractivity contribution in [2.45, 2.75) is 73.9 Å². The molecule has 2 aromatic rings. The monoisotopic (exact) mass is 312 g/mol. The molecule has 2 heterocycles. The van der Waals surface area contributed by atoms with Gasteiger partial charge in [0.15, 0.2) is 23.8 Å². The first kappa shape index (κ1) is 17.7. The van der Waals surface area contributed by atoms with Gasteiger partial charge in [-0.3, -0.25) is 0 Å². The van der Waals surface area contributed by atoms with Crippen LogP contribution >= 0.6 is 0 Å². The van der Waals surface area contributed by atoms with Crippen molar-refractivity contribution in [3.63, 3.8) is 0 Å². The lowest BCUT2D eigenvalue weighted by molar-refractivity contribution is -0.707. The summed E-state index contributed by atoms with van der Waals surface area (Å²) in [6, 6.07) is 4.54. The average Bonchev–Trinajstić information content (AvgIpc) is 2.48. The van der Waals surface area contributed by atoms with Gasteiger partial charge in [0, 0.05) is 48.9 Å². The van der Waals surface area contributed by atoms with Crippen LogP contribution in [0.15, 0.2) is 24.5 Å². The van der Waals surface area contributed by atoms with E-state index in [0.717, 1.165) is 13.1 Å². The lowest BCUT2D eigenvalue weighted by Crippen LogP contribution is -2.39. The molecule has 0 radical (unpaired) electrons. The molecule has 0 saturated heterocycles. The molecule has 0 aliphatic rings. The van der Waals surface area contributed by atoms with Crippen molar-refractivity contribution in [3.8, 4) is 0 Å². The average molecular weight is 313 g/mol. The molecule has 2 heteroatoms. The molecule has 23 heavy (non-hydrogen) atoms. The molecule has 2 nitrogen and oxygen atoms in total. The lowest BCUT2D eigenvalue weighted by Gasteiger charge is -2.06. The Morgan fingerprint density at radius 1 is 0.609 bits per heavy atom. The summed E-state index contributed by atoms with van der Waals surface area (Å²) in [5.41, 5.74) is 8.30. The predicted octanol–water partition coefficient (Wildman–Crippen LogP) is 3.98. The molecular formula is C21H32N2+2. The molecule has 124 valence electrons. The van der Waals surface area contributed by atoms with Crippen LogP contribution in [-0.4, -0.2) is 0 Å². The Labute approximate surface area is 141 Å². The van der Waals surface area contributed by atoms with E-state index >= 15 is 0 Å². The second kappa shape index (κ2) is 7.72. The van der Waals surface area contributed by atoms with Gasteiger partial charge < -0.3 is 0 Å². The van der Waals surface area contributed by atoms with Gasteiger partial charge in [-0.2, -0.15) is 0 Å².